The van der Waals surface area contributed by atoms with Gasteiger partial charge in [0.1, 0.15) is 0 Å². The number of sulfonamides is 1. The predicted molar refractivity (Wildman–Crippen MR) is 88.7 cm³/mol. The van der Waals surface area contributed by atoms with Crippen molar-refractivity contribution in [1.82, 2.24) is 19.4 Å². The zero-order valence-electron chi connectivity index (χ0n) is 14.2. The largest absolute Gasteiger partial charge is 0.420 e. The highest BCUT2D eigenvalue weighted by atomic mass is 32.2. The summed E-state index contributed by atoms with van der Waals surface area (Å²) in [5, 5.41) is 3.74. The first-order valence-electron chi connectivity index (χ1n) is 7.52. The Kier molecular flexibility index (Phi) is 4.04. The summed E-state index contributed by atoms with van der Waals surface area (Å²) >= 11 is 0. The van der Waals surface area contributed by atoms with E-state index in [9.17, 15) is 13.2 Å². The maximum absolute atomic E-state index is 12.4. The molecular weight excluding hydrogens is 348 g/mol. The number of nitrogens with one attached hydrogen (secondary N) is 1. The molecule has 1 aromatic carbocycles. The van der Waals surface area contributed by atoms with Gasteiger partial charge in [-0.1, -0.05) is 5.16 Å². The molecule has 0 fully saturated rings. The smallest absolute Gasteiger partial charge is 0.408 e. The lowest BCUT2D eigenvalue weighted by atomic mass is 10.1. The van der Waals surface area contributed by atoms with E-state index in [0.717, 1.165) is 0 Å². The van der Waals surface area contributed by atoms with Gasteiger partial charge in [-0.3, -0.25) is 4.57 Å². The fourth-order valence-corrected chi connectivity index (χ4v) is 3.81. The second-order valence-electron chi connectivity index (χ2n) is 6.67. The molecule has 25 heavy (non-hydrogen) atoms. The number of hydrogen-bond donors (Lipinski definition) is 1. The molecule has 0 saturated heterocycles. The average Bonchev–Trinajstić information content (AvgIpc) is 3.00. The molecule has 0 atom stereocenters. The van der Waals surface area contributed by atoms with Crippen LogP contribution in [0.2, 0.25) is 0 Å². The topological polar surface area (TPSA) is 120 Å². The predicted octanol–water partition coefficient (Wildman–Crippen LogP) is 1.41. The Balaban J connectivity index is 2.02. The van der Waals surface area contributed by atoms with Gasteiger partial charge in [-0.25, -0.2) is 17.9 Å². The van der Waals surface area contributed by atoms with Crippen molar-refractivity contribution in [3.05, 3.63) is 40.5 Å². The SMILES string of the molecule is Cc1nc(Cn2c(=O)oc3cc(S(=O)(=O)NC(C)(C)C)ccc32)no1. The molecule has 0 aliphatic carbocycles. The third-order valence-corrected chi connectivity index (χ3v) is 5.02. The zero-order chi connectivity index (χ0) is 18.4. The molecular formula is C15H18N4O5S. The summed E-state index contributed by atoms with van der Waals surface area (Å²) < 4.78 is 38.7. The molecule has 0 saturated carbocycles. The van der Waals surface area contributed by atoms with E-state index in [1.54, 1.807) is 27.7 Å². The third kappa shape index (κ3) is 3.64. The molecule has 1 N–H and O–H groups in total. The van der Waals surface area contributed by atoms with Crippen molar-refractivity contribution in [3.63, 3.8) is 0 Å². The Morgan fingerprint density at radius 3 is 2.60 bits per heavy atom. The first-order chi connectivity index (χ1) is 11.5. The number of rotatable bonds is 4. The van der Waals surface area contributed by atoms with E-state index in [-0.39, 0.29) is 17.0 Å². The summed E-state index contributed by atoms with van der Waals surface area (Å²) in [6.45, 7) is 6.94. The molecule has 0 spiro atoms. The lowest BCUT2D eigenvalue weighted by Crippen LogP contribution is -2.40. The van der Waals surface area contributed by atoms with Crippen LogP contribution >= 0.6 is 0 Å². The van der Waals surface area contributed by atoms with Gasteiger partial charge in [-0.2, -0.15) is 4.98 Å². The summed E-state index contributed by atoms with van der Waals surface area (Å²) in [4.78, 5) is 16.1. The summed E-state index contributed by atoms with van der Waals surface area (Å²) in [6.07, 6.45) is 0. The van der Waals surface area contributed by atoms with Crippen molar-refractivity contribution in [3.8, 4) is 0 Å². The summed E-state index contributed by atoms with van der Waals surface area (Å²) in [5.41, 5.74) is -0.0130. The number of fused-ring (bicyclic) bond motifs is 1. The molecule has 0 bridgehead atoms. The number of oxazole rings is 1. The molecule has 134 valence electrons. The molecule has 9 nitrogen and oxygen atoms in total. The fraction of sp³-hybridized carbons (Fsp3) is 0.400. The Morgan fingerprint density at radius 2 is 2.00 bits per heavy atom. The van der Waals surface area contributed by atoms with Crippen LogP contribution in [0.5, 0.6) is 0 Å². The summed E-state index contributed by atoms with van der Waals surface area (Å²) in [7, 11) is -3.73. The first kappa shape index (κ1) is 17.4. The molecule has 2 aromatic heterocycles. The minimum atomic E-state index is -3.73. The van der Waals surface area contributed by atoms with Gasteiger partial charge in [-0.05, 0) is 32.9 Å². The van der Waals surface area contributed by atoms with Gasteiger partial charge in [0.15, 0.2) is 11.4 Å². The van der Waals surface area contributed by atoms with Crippen LogP contribution in [0.3, 0.4) is 0 Å². The van der Waals surface area contributed by atoms with E-state index in [1.165, 1.54) is 22.8 Å². The van der Waals surface area contributed by atoms with Crippen LogP contribution < -0.4 is 10.5 Å². The number of benzene rings is 1. The molecule has 0 unspecified atom stereocenters. The van der Waals surface area contributed by atoms with Crippen molar-refractivity contribution < 1.29 is 17.4 Å². The summed E-state index contributed by atoms with van der Waals surface area (Å²) in [5.74, 6) is 0.0849. The fourth-order valence-electron chi connectivity index (χ4n) is 2.37. The normalized spacial score (nSPS) is 12.8. The second-order valence-corrected chi connectivity index (χ2v) is 8.35. The molecule has 0 aliphatic rings. The Labute approximate surface area is 143 Å². The maximum Gasteiger partial charge on any atom is 0.420 e. The second kappa shape index (κ2) is 5.81. The molecule has 3 aromatic rings. The Bertz CT molecular complexity index is 1090. The van der Waals surface area contributed by atoms with Crippen LogP contribution in [0.1, 0.15) is 32.5 Å². The van der Waals surface area contributed by atoms with Crippen LogP contribution in [0.15, 0.2) is 36.8 Å². The van der Waals surface area contributed by atoms with Gasteiger partial charge in [0.05, 0.1) is 17.0 Å². The highest BCUT2D eigenvalue weighted by Crippen LogP contribution is 2.20. The van der Waals surface area contributed by atoms with E-state index in [1.807, 2.05) is 0 Å². The van der Waals surface area contributed by atoms with E-state index in [0.29, 0.717) is 17.2 Å². The number of nitrogens with zero attached hydrogens (tertiary/aromatic N) is 3. The van der Waals surface area contributed by atoms with E-state index in [2.05, 4.69) is 14.9 Å². The molecule has 3 rings (SSSR count). The lowest BCUT2D eigenvalue weighted by Gasteiger charge is -2.20. The molecule has 0 aliphatic heterocycles. The van der Waals surface area contributed by atoms with Gasteiger partial charge in [0, 0.05) is 18.5 Å². The molecule has 0 radical (unpaired) electrons. The Hall–Kier alpha value is -2.46. The van der Waals surface area contributed by atoms with Crippen LogP contribution in [-0.2, 0) is 16.6 Å². The Morgan fingerprint density at radius 1 is 1.28 bits per heavy atom. The van der Waals surface area contributed by atoms with Crippen LogP contribution in [-0.4, -0.2) is 28.7 Å². The maximum atomic E-state index is 12.4. The minimum Gasteiger partial charge on any atom is -0.408 e. The third-order valence-electron chi connectivity index (χ3n) is 3.26. The lowest BCUT2D eigenvalue weighted by molar-refractivity contribution is 0.385. The van der Waals surface area contributed by atoms with E-state index < -0.39 is 21.3 Å². The molecule has 2 heterocycles. The highest BCUT2D eigenvalue weighted by molar-refractivity contribution is 7.89. The van der Waals surface area contributed by atoms with Crippen molar-refractivity contribution >= 4 is 21.1 Å². The first-order valence-corrected chi connectivity index (χ1v) is 9.00. The van der Waals surface area contributed by atoms with Gasteiger partial charge < -0.3 is 8.94 Å². The quantitative estimate of drug-likeness (QED) is 0.741. The van der Waals surface area contributed by atoms with Crippen LogP contribution in [0.25, 0.3) is 11.1 Å². The zero-order valence-corrected chi connectivity index (χ0v) is 15.0. The van der Waals surface area contributed by atoms with Gasteiger partial charge in [0.2, 0.25) is 15.9 Å². The molecule has 10 heteroatoms. The number of aryl methyl sites for hydroxylation is 1. The summed E-state index contributed by atoms with van der Waals surface area (Å²) in [6, 6.07) is 4.26. The monoisotopic (exact) mass is 366 g/mol. The highest BCUT2D eigenvalue weighted by Gasteiger charge is 2.23. The van der Waals surface area contributed by atoms with Gasteiger partial charge in [-0.15, -0.1) is 0 Å². The van der Waals surface area contributed by atoms with Gasteiger partial charge >= 0.3 is 5.76 Å². The number of aromatic nitrogens is 3. The van der Waals surface area contributed by atoms with Crippen molar-refractivity contribution in [1.29, 1.82) is 0 Å². The minimum absolute atomic E-state index is 0.0197. The molecule has 0 amide bonds. The number of hydrogen-bond acceptors (Lipinski definition) is 7. The van der Waals surface area contributed by atoms with Crippen molar-refractivity contribution in [2.45, 2.75) is 44.7 Å². The van der Waals surface area contributed by atoms with Crippen molar-refractivity contribution in [2.24, 2.45) is 0 Å². The van der Waals surface area contributed by atoms with Crippen LogP contribution in [0, 0.1) is 6.92 Å². The van der Waals surface area contributed by atoms with E-state index in [4.69, 9.17) is 8.94 Å². The standard InChI is InChI=1S/C15H18N4O5S/c1-9-16-13(17-24-9)8-19-11-6-5-10(7-12(11)23-14(19)20)25(21,22)18-15(2,3)4/h5-7,18H,8H2,1-4H3. The average molecular weight is 366 g/mol. The van der Waals surface area contributed by atoms with Gasteiger partial charge in [0.25, 0.3) is 0 Å². The van der Waals surface area contributed by atoms with Crippen molar-refractivity contribution in [2.75, 3.05) is 0 Å². The van der Waals surface area contributed by atoms with Crippen LogP contribution in [0.4, 0.5) is 0 Å². The van der Waals surface area contributed by atoms with E-state index >= 15 is 0 Å².